The third kappa shape index (κ3) is 5.04. The van der Waals surface area contributed by atoms with Crippen molar-refractivity contribution >= 4 is 5.97 Å². The highest BCUT2D eigenvalue weighted by Gasteiger charge is 2.16. The van der Waals surface area contributed by atoms with Crippen LogP contribution in [0.2, 0.25) is 0 Å². The molecule has 0 heterocycles. The van der Waals surface area contributed by atoms with Crippen molar-refractivity contribution in [1.82, 2.24) is 0 Å². The monoisotopic (exact) mass is 311 g/mol. The minimum atomic E-state index is -0.808. The maximum Gasteiger partial charge on any atom is 0.343 e. The first-order valence-electron chi connectivity index (χ1n) is 7.21. The Bertz CT molecular complexity index is 679. The molecule has 0 radical (unpaired) electrons. The second-order valence-electron chi connectivity index (χ2n) is 4.68. The van der Waals surface area contributed by atoms with Crippen molar-refractivity contribution in [1.29, 1.82) is 5.26 Å². The van der Waals surface area contributed by atoms with E-state index in [1.807, 2.05) is 36.4 Å². The van der Waals surface area contributed by atoms with Gasteiger partial charge in [0, 0.05) is 0 Å². The van der Waals surface area contributed by atoms with Crippen LogP contribution in [0.4, 0.5) is 0 Å². The number of esters is 1. The molecule has 0 N–H and O–H groups in total. The Morgan fingerprint density at radius 1 is 1.04 bits per heavy atom. The highest BCUT2D eigenvalue weighted by atomic mass is 16.5. The summed E-state index contributed by atoms with van der Waals surface area (Å²) in [6.07, 6.45) is -0.808. The third-order valence-electron chi connectivity index (χ3n) is 2.93. The number of rotatable bonds is 7. The molecule has 2 aromatic rings. The van der Waals surface area contributed by atoms with Gasteiger partial charge in [-0.3, -0.25) is 0 Å². The van der Waals surface area contributed by atoms with Crippen molar-refractivity contribution in [2.75, 3.05) is 13.2 Å². The van der Waals surface area contributed by atoms with Gasteiger partial charge in [-0.25, -0.2) is 4.79 Å². The van der Waals surface area contributed by atoms with Gasteiger partial charge < -0.3 is 14.2 Å². The zero-order valence-corrected chi connectivity index (χ0v) is 12.8. The summed E-state index contributed by atoms with van der Waals surface area (Å²) in [4.78, 5) is 12.0. The number of para-hydroxylation sites is 2. The number of carbonyl (C=O) groups is 1. The van der Waals surface area contributed by atoms with Gasteiger partial charge in [0.05, 0.1) is 0 Å². The molecule has 5 nitrogen and oxygen atoms in total. The van der Waals surface area contributed by atoms with E-state index in [-0.39, 0.29) is 12.2 Å². The number of hydrogen-bond acceptors (Lipinski definition) is 5. The summed E-state index contributed by atoms with van der Waals surface area (Å²) in [6.45, 7) is 2.14. The van der Waals surface area contributed by atoms with Crippen LogP contribution in [0.1, 0.15) is 17.3 Å². The standard InChI is InChI=1S/C18H17NO4/c1-14(13-19)23-18(20)16-9-5-6-10-17(16)22-12-11-21-15-7-3-2-4-8-15/h2-10,14H,11-12H2,1H3/t14-/m1/s1. The lowest BCUT2D eigenvalue weighted by Crippen LogP contribution is -2.15. The Labute approximate surface area is 135 Å². The van der Waals surface area contributed by atoms with Gasteiger partial charge in [-0.2, -0.15) is 5.26 Å². The summed E-state index contributed by atoms with van der Waals surface area (Å²) in [5, 5.41) is 8.71. The molecule has 0 saturated carbocycles. The minimum absolute atomic E-state index is 0.285. The molecule has 0 amide bonds. The molecular formula is C18H17NO4. The van der Waals surface area contributed by atoms with Crippen LogP contribution in [0.5, 0.6) is 11.5 Å². The van der Waals surface area contributed by atoms with Crippen LogP contribution in [0, 0.1) is 11.3 Å². The molecule has 1 atom stereocenters. The summed E-state index contributed by atoms with van der Waals surface area (Å²) in [5.74, 6) is 0.574. The molecule has 0 unspecified atom stereocenters. The molecule has 0 saturated heterocycles. The van der Waals surface area contributed by atoms with E-state index in [2.05, 4.69) is 0 Å². The zero-order chi connectivity index (χ0) is 16.5. The van der Waals surface area contributed by atoms with E-state index in [1.54, 1.807) is 24.3 Å². The first-order valence-corrected chi connectivity index (χ1v) is 7.21. The molecule has 23 heavy (non-hydrogen) atoms. The van der Waals surface area contributed by atoms with Crippen molar-refractivity contribution in [3.8, 4) is 17.6 Å². The van der Waals surface area contributed by atoms with E-state index in [0.717, 1.165) is 5.75 Å². The molecule has 2 aromatic carbocycles. The predicted molar refractivity (Wildman–Crippen MR) is 84.4 cm³/mol. The largest absolute Gasteiger partial charge is 0.490 e. The van der Waals surface area contributed by atoms with E-state index in [4.69, 9.17) is 19.5 Å². The van der Waals surface area contributed by atoms with Crippen molar-refractivity contribution in [2.45, 2.75) is 13.0 Å². The fourth-order valence-corrected chi connectivity index (χ4v) is 1.84. The molecule has 5 heteroatoms. The van der Waals surface area contributed by atoms with Crippen molar-refractivity contribution < 1.29 is 19.0 Å². The van der Waals surface area contributed by atoms with E-state index >= 15 is 0 Å². The first kappa shape index (κ1) is 16.4. The fraction of sp³-hybridized carbons (Fsp3) is 0.222. The van der Waals surface area contributed by atoms with Crippen molar-refractivity contribution in [2.24, 2.45) is 0 Å². The average Bonchev–Trinajstić information content (AvgIpc) is 2.59. The summed E-state index contributed by atoms with van der Waals surface area (Å²) < 4.78 is 16.1. The van der Waals surface area contributed by atoms with Crippen LogP contribution < -0.4 is 9.47 Å². The molecule has 0 aliphatic carbocycles. The van der Waals surface area contributed by atoms with Crippen LogP contribution >= 0.6 is 0 Å². The lowest BCUT2D eigenvalue weighted by atomic mass is 10.2. The summed E-state index contributed by atoms with van der Waals surface area (Å²) in [5.41, 5.74) is 0.286. The number of nitriles is 1. The first-order chi connectivity index (χ1) is 11.2. The van der Waals surface area contributed by atoms with Gasteiger partial charge in [0.25, 0.3) is 0 Å². The highest BCUT2D eigenvalue weighted by molar-refractivity contribution is 5.92. The highest BCUT2D eigenvalue weighted by Crippen LogP contribution is 2.19. The third-order valence-corrected chi connectivity index (χ3v) is 2.93. The van der Waals surface area contributed by atoms with E-state index in [0.29, 0.717) is 12.4 Å². The maximum absolute atomic E-state index is 12.0. The van der Waals surface area contributed by atoms with Crippen LogP contribution in [-0.4, -0.2) is 25.3 Å². The SMILES string of the molecule is C[C@H](C#N)OC(=O)c1ccccc1OCCOc1ccccc1. The lowest BCUT2D eigenvalue weighted by molar-refractivity contribution is 0.0430. The molecule has 0 fully saturated rings. The zero-order valence-electron chi connectivity index (χ0n) is 12.8. The Kier molecular flexibility index (Phi) is 6.01. The quantitative estimate of drug-likeness (QED) is 0.580. The Hall–Kier alpha value is -3.00. The Morgan fingerprint density at radius 2 is 1.70 bits per heavy atom. The topological polar surface area (TPSA) is 68.5 Å². The molecule has 0 bridgehead atoms. The number of carbonyl (C=O) groups excluding carboxylic acids is 1. The molecule has 0 aliphatic rings. The van der Waals surface area contributed by atoms with E-state index in [1.165, 1.54) is 6.92 Å². The summed E-state index contributed by atoms with van der Waals surface area (Å²) in [6, 6.07) is 18.0. The molecular weight excluding hydrogens is 294 g/mol. The van der Waals surface area contributed by atoms with E-state index in [9.17, 15) is 4.79 Å². The van der Waals surface area contributed by atoms with Gasteiger partial charge in [0.15, 0.2) is 6.10 Å². The summed E-state index contributed by atoms with van der Waals surface area (Å²) in [7, 11) is 0. The number of nitrogens with zero attached hydrogens (tertiary/aromatic N) is 1. The molecule has 0 spiro atoms. The van der Waals surface area contributed by atoms with Gasteiger partial charge in [-0.15, -0.1) is 0 Å². The molecule has 118 valence electrons. The van der Waals surface area contributed by atoms with Crippen LogP contribution in [0.15, 0.2) is 54.6 Å². The minimum Gasteiger partial charge on any atom is -0.490 e. The molecule has 0 aromatic heterocycles. The van der Waals surface area contributed by atoms with Gasteiger partial charge in [-0.05, 0) is 31.2 Å². The number of hydrogen-bond donors (Lipinski definition) is 0. The number of ether oxygens (including phenoxy) is 3. The number of benzene rings is 2. The normalized spacial score (nSPS) is 11.1. The Morgan fingerprint density at radius 3 is 2.43 bits per heavy atom. The van der Waals surface area contributed by atoms with Gasteiger partial charge >= 0.3 is 5.97 Å². The second-order valence-corrected chi connectivity index (χ2v) is 4.68. The predicted octanol–water partition coefficient (Wildman–Crippen LogP) is 3.21. The van der Waals surface area contributed by atoms with Crippen LogP contribution in [0.25, 0.3) is 0 Å². The van der Waals surface area contributed by atoms with Gasteiger partial charge in [-0.1, -0.05) is 30.3 Å². The molecule has 2 rings (SSSR count). The van der Waals surface area contributed by atoms with Crippen LogP contribution in [0.3, 0.4) is 0 Å². The smallest absolute Gasteiger partial charge is 0.343 e. The maximum atomic E-state index is 12.0. The van der Waals surface area contributed by atoms with Crippen LogP contribution in [-0.2, 0) is 4.74 Å². The Balaban J connectivity index is 1.90. The van der Waals surface area contributed by atoms with Gasteiger partial charge in [0.2, 0.25) is 0 Å². The second kappa shape index (κ2) is 8.44. The van der Waals surface area contributed by atoms with Crippen molar-refractivity contribution in [3.63, 3.8) is 0 Å². The van der Waals surface area contributed by atoms with Gasteiger partial charge in [0.1, 0.15) is 36.3 Å². The lowest BCUT2D eigenvalue weighted by Gasteiger charge is -2.12. The summed E-state index contributed by atoms with van der Waals surface area (Å²) >= 11 is 0. The van der Waals surface area contributed by atoms with E-state index < -0.39 is 12.1 Å². The molecule has 0 aliphatic heterocycles. The average molecular weight is 311 g/mol. The fourth-order valence-electron chi connectivity index (χ4n) is 1.84. The van der Waals surface area contributed by atoms with Crippen molar-refractivity contribution in [3.05, 3.63) is 60.2 Å².